The molecule has 1 atom stereocenters. The maximum atomic E-state index is 12.4. The minimum Gasteiger partial charge on any atom is -0.354 e. The Kier molecular flexibility index (Phi) is 5.94. The second-order valence-electron chi connectivity index (χ2n) is 7.60. The van der Waals surface area contributed by atoms with Gasteiger partial charge >= 0.3 is 0 Å². The van der Waals surface area contributed by atoms with Crippen LogP contribution in [0, 0.1) is 0 Å². The highest BCUT2D eigenvalue weighted by Gasteiger charge is 2.16. The van der Waals surface area contributed by atoms with Crippen LogP contribution in [-0.4, -0.2) is 31.1 Å². The molecule has 4 rings (SSSR count). The lowest BCUT2D eigenvalue weighted by Crippen LogP contribution is -2.32. The van der Waals surface area contributed by atoms with Gasteiger partial charge < -0.3 is 5.32 Å². The molecular weight excluding hydrogens is 398 g/mol. The standard InChI is InChI=1S/C22H25N5O2S/c1-15(11-12-16-7-4-3-5-8-16)23-19(28)10-6-9-18-24-25-22-26(2)21(29)20-17(27(18)22)13-14-30-20/h3-5,7-8,13-15H,6,9-12H2,1-2H3,(H,23,28)/t15-/m0/s1. The summed E-state index contributed by atoms with van der Waals surface area (Å²) in [5, 5.41) is 13.4. The predicted octanol–water partition coefficient (Wildman–Crippen LogP) is 3.10. The Labute approximate surface area is 178 Å². The van der Waals surface area contributed by atoms with E-state index < -0.39 is 0 Å². The molecule has 0 saturated heterocycles. The van der Waals surface area contributed by atoms with Crippen LogP contribution >= 0.6 is 11.3 Å². The smallest absolute Gasteiger partial charge is 0.272 e. The van der Waals surface area contributed by atoms with Gasteiger partial charge in [-0.1, -0.05) is 30.3 Å². The topological polar surface area (TPSA) is 81.3 Å². The zero-order valence-corrected chi connectivity index (χ0v) is 18.0. The van der Waals surface area contributed by atoms with E-state index in [4.69, 9.17) is 0 Å². The lowest BCUT2D eigenvalue weighted by molar-refractivity contribution is -0.121. The molecule has 0 fully saturated rings. The Morgan fingerprint density at radius 2 is 1.97 bits per heavy atom. The molecule has 1 N–H and O–H groups in total. The quantitative estimate of drug-likeness (QED) is 0.472. The molecule has 0 aliphatic carbocycles. The van der Waals surface area contributed by atoms with Crippen molar-refractivity contribution in [3.63, 3.8) is 0 Å². The zero-order chi connectivity index (χ0) is 21.1. The van der Waals surface area contributed by atoms with Crippen molar-refractivity contribution in [2.45, 2.75) is 45.1 Å². The van der Waals surface area contributed by atoms with Gasteiger partial charge in [-0.05, 0) is 43.2 Å². The number of nitrogens with one attached hydrogen (secondary N) is 1. The summed E-state index contributed by atoms with van der Waals surface area (Å²) in [4.78, 5) is 24.7. The summed E-state index contributed by atoms with van der Waals surface area (Å²) in [5.41, 5.74) is 2.05. The number of benzene rings is 1. The van der Waals surface area contributed by atoms with Crippen LogP contribution < -0.4 is 10.9 Å². The highest BCUT2D eigenvalue weighted by molar-refractivity contribution is 7.17. The maximum Gasteiger partial charge on any atom is 0.272 e. The van der Waals surface area contributed by atoms with E-state index in [1.165, 1.54) is 21.5 Å². The predicted molar refractivity (Wildman–Crippen MR) is 119 cm³/mol. The number of carbonyl (C=O) groups is 1. The molecule has 30 heavy (non-hydrogen) atoms. The van der Waals surface area contributed by atoms with Crippen molar-refractivity contribution in [2.75, 3.05) is 0 Å². The molecule has 1 amide bonds. The molecule has 0 bridgehead atoms. The Morgan fingerprint density at radius 3 is 2.77 bits per heavy atom. The lowest BCUT2D eigenvalue weighted by Gasteiger charge is -2.14. The third-order valence-corrected chi connectivity index (χ3v) is 6.21. The third-order valence-electron chi connectivity index (χ3n) is 5.32. The molecule has 4 aromatic rings. The van der Waals surface area contributed by atoms with Crippen molar-refractivity contribution in [1.29, 1.82) is 0 Å². The van der Waals surface area contributed by atoms with Crippen LogP contribution in [0.4, 0.5) is 0 Å². The van der Waals surface area contributed by atoms with Crippen molar-refractivity contribution in [3.8, 4) is 0 Å². The molecule has 7 nitrogen and oxygen atoms in total. The SMILES string of the molecule is C[C@@H](CCc1ccccc1)NC(=O)CCCc1nnc2n(C)c(=O)c3sccc3n12. The summed E-state index contributed by atoms with van der Waals surface area (Å²) in [6.45, 7) is 2.04. The van der Waals surface area contributed by atoms with Crippen LogP contribution in [0.15, 0.2) is 46.6 Å². The first-order valence-corrected chi connectivity index (χ1v) is 11.1. The minimum absolute atomic E-state index is 0.0532. The first-order chi connectivity index (χ1) is 14.5. The lowest BCUT2D eigenvalue weighted by atomic mass is 10.1. The Bertz CT molecular complexity index is 1230. The first kappa shape index (κ1) is 20.3. The monoisotopic (exact) mass is 423 g/mol. The van der Waals surface area contributed by atoms with E-state index in [1.807, 2.05) is 41.0 Å². The highest BCUT2D eigenvalue weighted by atomic mass is 32.1. The highest BCUT2D eigenvalue weighted by Crippen LogP contribution is 2.20. The van der Waals surface area contributed by atoms with Crippen LogP contribution in [-0.2, 0) is 24.7 Å². The van der Waals surface area contributed by atoms with E-state index >= 15 is 0 Å². The van der Waals surface area contributed by atoms with Crippen LogP contribution in [0.1, 0.15) is 37.6 Å². The minimum atomic E-state index is -0.0599. The fraction of sp³-hybridized carbons (Fsp3) is 0.364. The second kappa shape index (κ2) is 8.79. The number of hydrogen-bond acceptors (Lipinski definition) is 5. The molecule has 0 saturated carbocycles. The number of thiophene rings is 1. The van der Waals surface area contributed by atoms with Gasteiger partial charge in [0.15, 0.2) is 0 Å². The van der Waals surface area contributed by atoms with Crippen molar-refractivity contribution < 1.29 is 4.79 Å². The van der Waals surface area contributed by atoms with E-state index in [9.17, 15) is 9.59 Å². The first-order valence-electron chi connectivity index (χ1n) is 10.2. The van der Waals surface area contributed by atoms with Gasteiger partial charge in [0.2, 0.25) is 11.7 Å². The zero-order valence-electron chi connectivity index (χ0n) is 17.2. The van der Waals surface area contributed by atoms with Crippen molar-refractivity contribution in [1.82, 2.24) is 24.5 Å². The number of rotatable bonds is 8. The average Bonchev–Trinajstić information content (AvgIpc) is 3.38. The van der Waals surface area contributed by atoms with Gasteiger partial charge in [0.1, 0.15) is 10.5 Å². The summed E-state index contributed by atoms with van der Waals surface area (Å²) in [6.07, 6.45) is 3.59. The van der Waals surface area contributed by atoms with Crippen molar-refractivity contribution >= 4 is 33.2 Å². The van der Waals surface area contributed by atoms with Crippen molar-refractivity contribution in [3.05, 3.63) is 63.5 Å². The molecular formula is C22H25N5O2S. The summed E-state index contributed by atoms with van der Waals surface area (Å²) >= 11 is 1.42. The van der Waals surface area contributed by atoms with Gasteiger partial charge in [0.25, 0.3) is 5.56 Å². The number of aromatic nitrogens is 4. The normalized spacial score (nSPS) is 12.5. The molecule has 3 heterocycles. The second-order valence-corrected chi connectivity index (χ2v) is 8.51. The molecule has 0 unspecified atom stereocenters. The van der Waals surface area contributed by atoms with E-state index in [2.05, 4.69) is 27.6 Å². The molecule has 156 valence electrons. The van der Waals surface area contributed by atoms with Crippen LogP contribution in [0.3, 0.4) is 0 Å². The van der Waals surface area contributed by atoms with E-state index in [-0.39, 0.29) is 17.5 Å². The summed E-state index contributed by atoms with van der Waals surface area (Å²) in [5.74, 6) is 1.35. The Hall–Kier alpha value is -3.00. The van der Waals surface area contributed by atoms with E-state index in [0.29, 0.717) is 29.7 Å². The summed E-state index contributed by atoms with van der Waals surface area (Å²) in [6, 6.07) is 12.4. The molecule has 1 aromatic carbocycles. The van der Waals surface area contributed by atoms with E-state index in [0.717, 1.165) is 24.2 Å². The fourth-order valence-electron chi connectivity index (χ4n) is 3.67. The fourth-order valence-corrected chi connectivity index (χ4v) is 4.52. The number of carbonyl (C=O) groups excluding carboxylic acids is 1. The largest absolute Gasteiger partial charge is 0.354 e. The molecule has 0 aliphatic heterocycles. The van der Waals surface area contributed by atoms with Crippen LogP contribution in [0.5, 0.6) is 0 Å². The maximum absolute atomic E-state index is 12.4. The van der Waals surface area contributed by atoms with Crippen LogP contribution in [0.25, 0.3) is 16.0 Å². The number of fused-ring (bicyclic) bond motifs is 3. The van der Waals surface area contributed by atoms with Gasteiger partial charge in [0.05, 0.1) is 5.52 Å². The Morgan fingerprint density at radius 1 is 1.17 bits per heavy atom. The van der Waals surface area contributed by atoms with Gasteiger partial charge in [-0.25, -0.2) is 0 Å². The molecule has 0 radical (unpaired) electrons. The van der Waals surface area contributed by atoms with Gasteiger partial charge in [-0.3, -0.25) is 18.6 Å². The Balaban J connectivity index is 1.34. The van der Waals surface area contributed by atoms with Crippen molar-refractivity contribution in [2.24, 2.45) is 7.05 Å². The van der Waals surface area contributed by atoms with Gasteiger partial charge in [-0.2, -0.15) is 0 Å². The summed E-state index contributed by atoms with van der Waals surface area (Å²) < 4.78 is 4.14. The van der Waals surface area contributed by atoms with Crippen LogP contribution in [0.2, 0.25) is 0 Å². The number of nitrogens with zero attached hydrogens (tertiary/aromatic N) is 4. The summed E-state index contributed by atoms with van der Waals surface area (Å²) in [7, 11) is 1.71. The average molecular weight is 424 g/mol. The van der Waals surface area contributed by atoms with Gasteiger partial charge in [-0.15, -0.1) is 21.5 Å². The number of hydrogen-bond donors (Lipinski definition) is 1. The molecule has 3 aromatic heterocycles. The molecule has 8 heteroatoms. The molecule has 0 aliphatic rings. The van der Waals surface area contributed by atoms with E-state index in [1.54, 1.807) is 7.05 Å². The number of amides is 1. The third kappa shape index (κ3) is 4.14. The van der Waals surface area contributed by atoms with Gasteiger partial charge in [0, 0.05) is 25.9 Å². The number of aryl methyl sites for hydroxylation is 3. The molecule has 0 spiro atoms.